The molecular formula is C11H21NS. The molecule has 0 radical (unpaired) electrons. The number of nitrogens with one attached hydrogen (secondary N) is 1. The van der Waals surface area contributed by atoms with Crippen LogP contribution in [-0.2, 0) is 0 Å². The highest BCUT2D eigenvalue weighted by Gasteiger charge is 2.32. The fourth-order valence-electron chi connectivity index (χ4n) is 2.70. The van der Waals surface area contributed by atoms with Gasteiger partial charge in [-0.25, -0.2) is 0 Å². The van der Waals surface area contributed by atoms with Crippen molar-refractivity contribution in [2.24, 2.45) is 11.8 Å². The summed E-state index contributed by atoms with van der Waals surface area (Å²) in [6.07, 6.45) is 7.34. The molecule has 1 aliphatic heterocycles. The van der Waals surface area contributed by atoms with Gasteiger partial charge in [-0.3, -0.25) is 0 Å². The van der Waals surface area contributed by atoms with E-state index in [1.54, 1.807) is 0 Å². The number of hydrogen-bond donors (Lipinski definition) is 1. The monoisotopic (exact) mass is 199 g/mol. The van der Waals surface area contributed by atoms with Crippen LogP contribution in [0.5, 0.6) is 0 Å². The van der Waals surface area contributed by atoms with E-state index in [2.05, 4.69) is 24.1 Å². The zero-order valence-electron chi connectivity index (χ0n) is 8.59. The number of hydrogen-bond acceptors (Lipinski definition) is 2. The highest BCUT2D eigenvalue weighted by molar-refractivity contribution is 7.99. The maximum Gasteiger partial charge on any atom is 0.0128 e. The van der Waals surface area contributed by atoms with Crippen molar-refractivity contribution in [1.29, 1.82) is 0 Å². The number of thioether (sulfide) groups is 1. The van der Waals surface area contributed by atoms with Crippen LogP contribution in [0.2, 0.25) is 0 Å². The minimum absolute atomic E-state index is 0.835. The van der Waals surface area contributed by atoms with E-state index in [0.29, 0.717) is 0 Å². The van der Waals surface area contributed by atoms with E-state index in [0.717, 1.165) is 17.9 Å². The zero-order valence-corrected chi connectivity index (χ0v) is 9.41. The second-order valence-corrected chi connectivity index (χ2v) is 5.63. The van der Waals surface area contributed by atoms with Crippen molar-refractivity contribution in [1.82, 2.24) is 5.32 Å². The van der Waals surface area contributed by atoms with Gasteiger partial charge in [0.2, 0.25) is 0 Å². The molecule has 0 aromatic rings. The summed E-state index contributed by atoms with van der Waals surface area (Å²) >= 11 is 2.16. The molecule has 2 aliphatic rings. The fourth-order valence-corrected chi connectivity index (χ4v) is 3.92. The van der Waals surface area contributed by atoms with Gasteiger partial charge in [-0.15, -0.1) is 0 Å². The summed E-state index contributed by atoms with van der Waals surface area (Å²) in [5.74, 6) is 4.78. The molecule has 1 saturated carbocycles. The second kappa shape index (κ2) is 4.70. The maximum absolute atomic E-state index is 3.56. The van der Waals surface area contributed by atoms with Crippen molar-refractivity contribution < 1.29 is 0 Å². The van der Waals surface area contributed by atoms with E-state index in [1.165, 1.54) is 43.6 Å². The lowest BCUT2D eigenvalue weighted by molar-refractivity contribution is 0.184. The predicted molar refractivity (Wildman–Crippen MR) is 60.2 cm³/mol. The molecular weight excluding hydrogens is 178 g/mol. The van der Waals surface area contributed by atoms with Gasteiger partial charge in [-0.05, 0) is 56.1 Å². The first-order valence-electron chi connectivity index (χ1n) is 5.67. The summed E-state index contributed by atoms with van der Waals surface area (Å²) in [7, 11) is 2.16. The smallest absolute Gasteiger partial charge is 0.0128 e. The average Bonchev–Trinajstić information content (AvgIpc) is 2.12. The predicted octanol–water partition coefficient (Wildman–Crippen LogP) is 2.52. The van der Waals surface area contributed by atoms with E-state index >= 15 is 0 Å². The van der Waals surface area contributed by atoms with E-state index in [9.17, 15) is 0 Å². The highest BCUT2D eigenvalue weighted by atomic mass is 32.2. The van der Waals surface area contributed by atoms with Crippen molar-refractivity contribution in [3.63, 3.8) is 0 Å². The molecule has 2 rings (SSSR count). The van der Waals surface area contributed by atoms with Crippen LogP contribution in [0, 0.1) is 11.8 Å². The molecule has 0 aromatic heterocycles. The second-order valence-electron chi connectivity index (χ2n) is 4.48. The van der Waals surface area contributed by atoms with Gasteiger partial charge >= 0.3 is 0 Å². The van der Waals surface area contributed by atoms with Crippen molar-refractivity contribution in [3.05, 3.63) is 0 Å². The van der Waals surface area contributed by atoms with Gasteiger partial charge in [0.15, 0.2) is 0 Å². The average molecular weight is 199 g/mol. The molecule has 1 aliphatic carbocycles. The van der Waals surface area contributed by atoms with Crippen LogP contribution in [0.4, 0.5) is 0 Å². The minimum atomic E-state index is 0.835. The Morgan fingerprint density at radius 2 is 1.92 bits per heavy atom. The van der Waals surface area contributed by atoms with Gasteiger partial charge in [-0.1, -0.05) is 6.42 Å². The minimum Gasteiger partial charge on any atom is -0.316 e. The summed E-state index contributed by atoms with van der Waals surface area (Å²) < 4.78 is 0. The third-order valence-electron chi connectivity index (χ3n) is 3.69. The lowest BCUT2D eigenvalue weighted by atomic mass is 9.74. The molecule has 1 heterocycles. The third kappa shape index (κ3) is 2.21. The van der Waals surface area contributed by atoms with Gasteiger partial charge in [0.25, 0.3) is 0 Å². The molecule has 2 heteroatoms. The molecule has 0 spiro atoms. The van der Waals surface area contributed by atoms with Crippen LogP contribution in [0.1, 0.15) is 32.1 Å². The van der Waals surface area contributed by atoms with Crippen molar-refractivity contribution in [2.45, 2.75) is 38.1 Å². The maximum atomic E-state index is 3.56. The molecule has 2 fully saturated rings. The van der Waals surface area contributed by atoms with E-state index in [-0.39, 0.29) is 0 Å². The Hall–Kier alpha value is 0.310. The van der Waals surface area contributed by atoms with Crippen molar-refractivity contribution in [2.75, 3.05) is 18.6 Å². The van der Waals surface area contributed by atoms with E-state index < -0.39 is 0 Å². The van der Waals surface area contributed by atoms with Crippen molar-refractivity contribution in [3.8, 4) is 0 Å². The molecule has 76 valence electrons. The van der Waals surface area contributed by atoms with Crippen LogP contribution in [-0.4, -0.2) is 24.6 Å². The largest absolute Gasteiger partial charge is 0.316 e. The van der Waals surface area contributed by atoms with Gasteiger partial charge < -0.3 is 5.32 Å². The highest BCUT2D eigenvalue weighted by Crippen LogP contribution is 2.36. The summed E-state index contributed by atoms with van der Waals surface area (Å²) in [6.45, 7) is 0. The van der Waals surface area contributed by atoms with E-state index in [4.69, 9.17) is 0 Å². The third-order valence-corrected chi connectivity index (χ3v) is 4.94. The Morgan fingerprint density at radius 3 is 2.38 bits per heavy atom. The van der Waals surface area contributed by atoms with Gasteiger partial charge in [0, 0.05) is 6.04 Å². The fraction of sp³-hybridized carbons (Fsp3) is 1.00. The zero-order chi connectivity index (χ0) is 9.10. The van der Waals surface area contributed by atoms with Crippen LogP contribution in [0.25, 0.3) is 0 Å². The normalized spacial score (nSPS) is 32.5. The molecule has 0 bridgehead atoms. The molecule has 1 N–H and O–H groups in total. The molecule has 0 amide bonds. The van der Waals surface area contributed by atoms with Crippen LogP contribution < -0.4 is 5.32 Å². The van der Waals surface area contributed by atoms with Gasteiger partial charge in [-0.2, -0.15) is 11.8 Å². The molecule has 0 aromatic carbocycles. The Bertz CT molecular complexity index is 150. The Labute approximate surface area is 86.0 Å². The quantitative estimate of drug-likeness (QED) is 0.749. The Morgan fingerprint density at radius 1 is 1.15 bits per heavy atom. The van der Waals surface area contributed by atoms with Gasteiger partial charge in [0.1, 0.15) is 0 Å². The summed E-state index contributed by atoms with van der Waals surface area (Å²) in [5, 5.41) is 3.56. The molecule has 1 nitrogen and oxygen atoms in total. The first-order valence-corrected chi connectivity index (χ1v) is 6.82. The van der Waals surface area contributed by atoms with Crippen molar-refractivity contribution >= 4 is 11.8 Å². The first-order chi connectivity index (χ1) is 6.42. The molecule has 1 saturated heterocycles. The topological polar surface area (TPSA) is 12.0 Å². The van der Waals surface area contributed by atoms with Crippen LogP contribution in [0.3, 0.4) is 0 Å². The summed E-state index contributed by atoms with van der Waals surface area (Å²) in [6, 6.07) is 0.835. The molecule has 2 atom stereocenters. The summed E-state index contributed by atoms with van der Waals surface area (Å²) in [4.78, 5) is 0. The molecule has 2 unspecified atom stereocenters. The van der Waals surface area contributed by atoms with Crippen LogP contribution in [0.15, 0.2) is 0 Å². The SMILES string of the molecule is CNC(C1CCC1)C1CCCSC1. The summed E-state index contributed by atoms with van der Waals surface area (Å²) in [5.41, 5.74) is 0. The molecule has 13 heavy (non-hydrogen) atoms. The lowest BCUT2D eigenvalue weighted by Gasteiger charge is -2.40. The Balaban J connectivity index is 1.86. The van der Waals surface area contributed by atoms with Gasteiger partial charge in [0.05, 0.1) is 0 Å². The number of rotatable bonds is 3. The Kier molecular flexibility index (Phi) is 3.56. The standard InChI is InChI=1S/C11H21NS/c1-12-11(9-4-2-5-9)10-6-3-7-13-8-10/h9-12H,2-8H2,1H3. The van der Waals surface area contributed by atoms with Crippen LogP contribution >= 0.6 is 11.8 Å². The lowest BCUT2D eigenvalue weighted by Crippen LogP contribution is -2.44. The first kappa shape index (κ1) is 9.85. The van der Waals surface area contributed by atoms with E-state index in [1.807, 2.05) is 0 Å².